The Kier molecular flexibility index (Phi) is 7.16. The average molecular weight is 380 g/mol. The molecule has 0 saturated heterocycles. The molecule has 0 heterocycles. The summed E-state index contributed by atoms with van der Waals surface area (Å²) < 4.78 is 10.7. The molecule has 2 aromatic carbocycles. The molecule has 28 heavy (non-hydrogen) atoms. The third-order valence-corrected chi connectivity index (χ3v) is 3.74. The Labute approximate surface area is 165 Å². The normalized spacial score (nSPS) is 12.9. The number of ether oxygens (including phenoxy) is 2. The van der Waals surface area contributed by atoms with E-state index >= 15 is 0 Å². The van der Waals surface area contributed by atoms with Crippen molar-refractivity contribution in [1.82, 2.24) is 5.32 Å². The largest absolute Gasteiger partial charge is 0.444 e. The lowest BCUT2D eigenvalue weighted by Crippen LogP contribution is -2.47. The van der Waals surface area contributed by atoms with E-state index < -0.39 is 29.8 Å². The minimum absolute atomic E-state index is 0.306. The number of carbonyl (C=O) groups is 2. The topological polar surface area (TPSA) is 88.4 Å². The first-order chi connectivity index (χ1) is 13.3. The minimum atomic E-state index is -1.18. The predicted octanol–water partition coefficient (Wildman–Crippen LogP) is 3.87. The maximum absolute atomic E-state index is 12.4. The molecule has 1 N–H and O–H groups in total. The van der Waals surface area contributed by atoms with Crippen LogP contribution in [0.4, 0.5) is 4.79 Å². The minimum Gasteiger partial charge on any atom is -0.444 e. The van der Waals surface area contributed by atoms with Crippen LogP contribution in [0.5, 0.6) is 0 Å². The van der Waals surface area contributed by atoms with Gasteiger partial charge in [-0.25, -0.2) is 9.59 Å². The summed E-state index contributed by atoms with van der Waals surface area (Å²) >= 11 is 0. The second kappa shape index (κ2) is 9.56. The Morgan fingerprint density at radius 1 is 1.04 bits per heavy atom. The molecule has 2 rings (SSSR count). The molecule has 6 heteroatoms. The molecule has 0 spiro atoms. The molecule has 2 aromatic rings. The quantitative estimate of drug-likeness (QED) is 0.769. The van der Waals surface area contributed by atoms with Crippen LogP contribution < -0.4 is 5.32 Å². The molecule has 0 aliphatic rings. The number of amides is 1. The van der Waals surface area contributed by atoms with Gasteiger partial charge in [0.05, 0.1) is 11.6 Å². The Balaban J connectivity index is 2.18. The van der Waals surface area contributed by atoms with Gasteiger partial charge in [-0.1, -0.05) is 48.5 Å². The average Bonchev–Trinajstić information content (AvgIpc) is 2.65. The number of nitrogens with one attached hydrogen (secondary N) is 1. The van der Waals surface area contributed by atoms with Gasteiger partial charge in [0.25, 0.3) is 0 Å². The summed E-state index contributed by atoms with van der Waals surface area (Å²) in [4.78, 5) is 24.6. The summed E-state index contributed by atoms with van der Waals surface area (Å²) in [7, 11) is 0. The van der Waals surface area contributed by atoms with Gasteiger partial charge in [-0.2, -0.15) is 5.26 Å². The highest BCUT2D eigenvalue weighted by atomic mass is 16.6. The molecule has 0 aliphatic heterocycles. The van der Waals surface area contributed by atoms with Gasteiger partial charge >= 0.3 is 12.1 Å². The molecule has 0 saturated carbocycles. The van der Waals surface area contributed by atoms with Crippen LogP contribution in [0, 0.1) is 11.3 Å². The van der Waals surface area contributed by atoms with Crippen molar-refractivity contribution in [3.63, 3.8) is 0 Å². The molecular weight excluding hydrogens is 356 g/mol. The van der Waals surface area contributed by atoms with Gasteiger partial charge in [0, 0.05) is 0 Å². The Bertz CT molecular complexity index is 823. The lowest BCUT2D eigenvalue weighted by molar-refractivity contribution is 0.0260. The number of nitrogens with zero attached hydrogens (tertiary/aromatic N) is 1. The lowest BCUT2D eigenvalue weighted by atomic mass is 10.0. The summed E-state index contributed by atoms with van der Waals surface area (Å²) in [6.07, 6.45) is -1.55. The second-order valence-electron chi connectivity index (χ2n) is 7.26. The number of benzene rings is 2. The van der Waals surface area contributed by atoms with Gasteiger partial charge in [-0.15, -0.1) is 0 Å². The van der Waals surface area contributed by atoms with E-state index in [-0.39, 0.29) is 0 Å². The van der Waals surface area contributed by atoms with Crippen LogP contribution in [0.2, 0.25) is 0 Å². The van der Waals surface area contributed by atoms with Crippen molar-refractivity contribution in [2.75, 3.05) is 0 Å². The number of hydrogen-bond acceptors (Lipinski definition) is 5. The van der Waals surface area contributed by atoms with Crippen molar-refractivity contribution in [2.45, 2.75) is 44.9 Å². The number of nitriles is 1. The van der Waals surface area contributed by atoms with Crippen LogP contribution in [-0.4, -0.2) is 29.8 Å². The van der Waals surface area contributed by atoms with Crippen molar-refractivity contribution in [3.05, 3.63) is 71.8 Å². The molecule has 2 atom stereocenters. The van der Waals surface area contributed by atoms with Gasteiger partial charge < -0.3 is 14.8 Å². The molecule has 0 aliphatic carbocycles. The van der Waals surface area contributed by atoms with Crippen molar-refractivity contribution in [2.24, 2.45) is 0 Å². The fraction of sp³-hybridized carbons (Fsp3) is 0.318. The molecular formula is C22H24N2O4. The van der Waals surface area contributed by atoms with E-state index in [1.165, 1.54) is 0 Å². The Hall–Kier alpha value is -3.33. The molecule has 1 amide bonds. The van der Waals surface area contributed by atoms with Gasteiger partial charge in [0.2, 0.25) is 6.10 Å². The highest BCUT2D eigenvalue weighted by Gasteiger charge is 2.29. The summed E-state index contributed by atoms with van der Waals surface area (Å²) in [6.45, 7) is 5.24. The number of alkyl carbamates (subject to hydrolysis) is 1. The number of rotatable bonds is 6. The van der Waals surface area contributed by atoms with Crippen LogP contribution in [0.1, 0.15) is 36.7 Å². The summed E-state index contributed by atoms with van der Waals surface area (Å²) in [6, 6.07) is 18.9. The number of carbonyl (C=O) groups excluding carboxylic acids is 2. The summed E-state index contributed by atoms with van der Waals surface area (Å²) in [5, 5.41) is 12.3. The van der Waals surface area contributed by atoms with Crippen LogP contribution >= 0.6 is 0 Å². The zero-order chi connectivity index (χ0) is 20.6. The number of hydrogen-bond donors (Lipinski definition) is 1. The van der Waals surface area contributed by atoms with E-state index in [9.17, 15) is 14.9 Å². The summed E-state index contributed by atoms with van der Waals surface area (Å²) in [5.41, 5.74) is 0.530. The van der Waals surface area contributed by atoms with E-state index in [1.807, 2.05) is 36.4 Å². The zero-order valence-corrected chi connectivity index (χ0v) is 16.2. The smallest absolute Gasteiger partial charge is 0.408 e. The molecule has 0 aromatic heterocycles. The van der Waals surface area contributed by atoms with Gasteiger partial charge in [0.15, 0.2) is 0 Å². The fourth-order valence-corrected chi connectivity index (χ4v) is 2.52. The zero-order valence-electron chi connectivity index (χ0n) is 16.2. The van der Waals surface area contributed by atoms with E-state index in [2.05, 4.69) is 5.32 Å². The third kappa shape index (κ3) is 6.76. The maximum Gasteiger partial charge on any atom is 0.408 e. The standard InChI is InChI=1S/C22H24N2O4/c1-22(2,3)28-21(26)24-18(14-16-10-6-4-7-11-16)19(15-23)27-20(25)17-12-8-5-9-13-17/h4-13,18-19H,14H2,1-3H3,(H,24,26)/t18-,19+/m0/s1. The lowest BCUT2D eigenvalue weighted by Gasteiger charge is -2.26. The van der Waals surface area contributed by atoms with Crippen LogP contribution in [-0.2, 0) is 15.9 Å². The first-order valence-electron chi connectivity index (χ1n) is 8.97. The van der Waals surface area contributed by atoms with Gasteiger partial charge in [-0.3, -0.25) is 0 Å². The maximum atomic E-state index is 12.4. The molecule has 0 bridgehead atoms. The second-order valence-corrected chi connectivity index (χ2v) is 7.26. The highest BCUT2D eigenvalue weighted by molar-refractivity contribution is 5.89. The van der Waals surface area contributed by atoms with Crippen LogP contribution in [0.25, 0.3) is 0 Å². The SMILES string of the molecule is CC(C)(C)OC(=O)N[C@@H](Cc1ccccc1)[C@@H](C#N)OC(=O)c1ccccc1. The third-order valence-electron chi connectivity index (χ3n) is 3.74. The van der Waals surface area contributed by atoms with E-state index in [4.69, 9.17) is 9.47 Å². The number of esters is 1. The molecule has 0 radical (unpaired) electrons. The fourth-order valence-electron chi connectivity index (χ4n) is 2.52. The van der Waals surface area contributed by atoms with Crippen molar-refractivity contribution in [3.8, 4) is 6.07 Å². The first kappa shape index (κ1) is 21.0. The van der Waals surface area contributed by atoms with Crippen LogP contribution in [0.15, 0.2) is 60.7 Å². The first-order valence-corrected chi connectivity index (χ1v) is 8.97. The molecule has 0 unspecified atom stereocenters. The monoisotopic (exact) mass is 380 g/mol. The van der Waals surface area contributed by atoms with Crippen molar-refractivity contribution < 1.29 is 19.1 Å². The van der Waals surface area contributed by atoms with Crippen molar-refractivity contribution >= 4 is 12.1 Å². The summed E-state index contributed by atoms with van der Waals surface area (Å²) in [5.74, 6) is -0.629. The van der Waals surface area contributed by atoms with Gasteiger partial charge in [-0.05, 0) is 44.9 Å². The molecule has 6 nitrogen and oxygen atoms in total. The van der Waals surface area contributed by atoms with Crippen LogP contribution in [0.3, 0.4) is 0 Å². The van der Waals surface area contributed by atoms with E-state index in [1.54, 1.807) is 51.1 Å². The molecule has 0 fully saturated rings. The predicted molar refractivity (Wildman–Crippen MR) is 105 cm³/mol. The Morgan fingerprint density at radius 2 is 1.61 bits per heavy atom. The van der Waals surface area contributed by atoms with E-state index in [0.29, 0.717) is 12.0 Å². The highest BCUT2D eigenvalue weighted by Crippen LogP contribution is 2.13. The molecule has 146 valence electrons. The van der Waals surface area contributed by atoms with E-state index in [0.717, 1.165) is 5.56 Å². The van der Waals surface area contributed by atoms with Gasteiger partial charge in [0.1, 0.15) is 11.7 Å². The Morgan fingerprint density at radius 3 is 2.14 bits per heavy atom. The van der Waals surface area contributed by atoms with Crippen molar-refractivity contribution in [1.29, 1.82) is 5.26 Å².